The van der Waals surface area contributed by atoms with Gasteiger partial charge >= 0.3 is 0 Å². The minimum absolute atomic E-state index is 0.539. The van der Waals surface area contributed by atoms with E-state index in [1.54, 1.807) is 7.11 Å². The molecule has 2 saturated heterocycles. The number of aromatic nitrogens is 1. The molecule has 0 radical (unpaired) electrons. The molecule has 1 atom stereocenters. The number of piperidine rings is 1. The van der Waals surface area contributed by atoms with Gasteiger partial charge in [-0.1, -0.05) is 0 Å². The highest BCUT2D eigenvalue weighted by Crippen LogP contribution is 2.19. The first-order valence-corrected chi connectivity index (χ1v) is 9.11. The Morgan fingerprint density at radius 2 is 2.08 bits per heavy atom. The van der Waals surface area contributed by atoms with Crippen LogP contribution in [-0.2, 0) is 4.74 Å². The van der Waals surface area contributed by atoms with Gasteiger partial charge in [0.2, 0.25) is 5.88 Å². The number of hydrogen-bond donors (Lipinski definition) is 1. The Bertz CT molecular complexity index is 468. The first kappa shape index (κ1) is 17.5. The zero-order valence-corrected chi connectivity index (χ0v) is 14.7. The summed E-state index contributed by atoms with van der Waals surface area (Å²) in [5.41, 5.74) is 1.19. The van der Waals surface area contributed by atoms with E-state index in [1.807, 2.05) is 12.3 Å². The molecule has 0 saturated carbocycles. The average molecular weight is 334 g/mol. The molecule has 2 aliphatic heterocycles. The van der Waals surface area contributed by atoms with Gasteiger partial charge in [-0.25, -0.2) is 4.98 Å². The van der Waals surface area contributed by atoms with Crippen LogP contribution in [0.2, 0.25) is 0 Å². The van der Waals surface area contributed by atoms with E-state index in [0.717, 1.165) is 32.1 Å². The lowest BCUT2D eigenvalue weighted by Gasteiger charge is -2.38. The first-order chi connectivity index (χ1) is 11.8. The van der Waals surface area contributed by atoms with Crippen LogP contribution in [-0.4, -0.2) is 76.0 Å². The van der Waals surface area contributed by atoms with E-state index < -0.39 is 0 Å². The van der Waals surface area contributed by atoms with Gasteiger partial charge in [0.1, 0.15) is 6.61 Å². The first-order valence-electron chi connectivity index (χ1n) is 9.11. The molecule has 1 aromatic heterocycles. The molecule has 134 valence electrons. The van der Waals surface area contributed by atoms with Crippen LogP contribution in [0.4, 0.5) is 5.69 Å². The van der Waals surface area contributed by atoms with Crippen LogP contribution in [0.5, 0.6) is 5.88 Å². The van der Waals surface area contributed by atoms with Crippen LogP contribution in [0, 0.1) is 5.92 Å². The van der Waals surface area contributed by atoms with Gasteiger partial charge in [0, 0.05) is 45.9 Å². The van der Waals surface area contributed by atoms with Crippen LogP contribution in [0.15, 0.2) is 18.3 Å². The molecule has 24 heavy (non-hydrogen) atoms. The minimum Gasteiger partial charge on any atom is -0.475 e. The summed E-state index contributed by atoms with van der Waals surface area (Å²) in [6.07, 6.45) is 4.62. The van der Waals surface area contributed by atoms with Gasteiger partial charge in [0.05, 0.1) is 18.5 Å². The molecule has 2 fully saturated rings. The van der Waals surface area contributed by atoms with Crippen LogP contribution in [0.1, 0.15) is 12.8 Å². The van der Waals surface area contributed by atoms with Gasteiger partial charge in [-0.3, -0.25) is 4.90 Å². The largest absolute Gasteiger partial charge is 0.475 e. The lowest BCUT2D eigenvalue weighted by Crippen LogP contribution is -2.49. The lowest BCUT2D eigenvalue weighted by atomic mass is 9.99. The maximum absolute atomic E-state index is 5.52. The van der Waals surface area contributed by atoms with E-state index in [-0.39, 0.29) is 0 Å². The number of nitrogens with one attached hydrogen (secondary N) is 1. The fourth-order valence-corrected chi connectivity index (χ4v) is 3.51. The molecule has 3 heterocycles. The van der Waals surface area contributed by atoms with Crippen LogP contribution in [0.3, 0.4) is 0 Å². The predicted octanol–water partition coefficient (Wildman–Crippen LogP) is 1.23. The molecule has 2 aliphatic rings. The molecule has 0 aliphatic carbocycles. The number of rotatable bonds is 7. The fraction of sp³-hybridized carbons (Fsp3) is 0.722. The monoisotopic (exact) mass is 334 g/mol. The summed E-state index contributed by atoms with van der Waals surface area (Å²) in [5, 5.41) is 3.52. The molecular weight excluding hydrogens is 304 g/mol. The van der Waals surface area contributed by atoms with Crippen molar-refractivity contribution in [2.24, 2.45) is 5.92 Å². The third-order valence-electron chi connectivity index (χ3n) is 4.91. The maximum atomic E-state index is 5.52. The van der Waals surface area contributed by atoms with Crippen LogP contribution in [0.25, 0.3) is 0 Å². The Balaban J connectivity index is 1.42. The Labute approximate surface area is 145 Å². The van der Waals surface area contributed by atoms with Crippen molar-refractivity contribution < 1.29 is 9.47 Å². The summed E-state index contributed by atoms with van der Waals surface area (Å²) < 4.78 is 10.5. The standard InChI is InChI=1S/C18H30N4O2/c1-23-11-12-24-18-5-4-17(14-20-18)22-9-7-21(8-10-22)15-16-3-2-6-19-13-16/h4-5,14,16,19H,2-3,6-13,15H2,1H3. The highest BCUT2D eigenvalue weighted by Gasteiger charge is 2.21. The molecule has 6 heteroatoms. The van der Waals surface area contributed by atoms with Crippen molar-refractivity contribution in [2.75, 3.05) is 71.0 Å². The summed E-state index contributed by atoms with van der Waals surface area (Å²) in [6.45, 7) is 9.19. The highest BCUT2D eigenvalue weighted by molar-refractivity contribution is 5.45. The SMILES string of the molecule is COCCOc1ccc(N2CCN(CC3CCCNC3)CC2)cn1. The van der Waals surface area contributed by atoms with E-state index in [0.29, 0.717) is 19.1 Å². The zero-order valence-electron chi connectivity index (χ0n) is 14.7. The van der Waals surface area contributed by atoms with Crippen molar-refractivity contribution in [3.8, 4) is 5.88 Å². The second kappa shape index (κ2) is 9.20. The number of pyridine rings is 1. The number of methoxy groups -OCH3 is 1. The van der Waals surface area contributed by atoms with Crippen molar-refractivity contribution in [2.45, 2.75) is 12.8 Å². The molecule has 0 bridgehead atoms. The average Bonchev–Trinajstić information content (AvgIpc) is 2.64. The molecule has 1 N–H and O–H groups in total. The number of ether oxygens (including phenoxy) is 2. The second-order valence-electron chi connectivity index (χ2n) is 6.70. The number of nitrogens with zero attached hydrogens (tertiary/aromatic N) is 3. The van der Waals surface area contributed by atoms with Gasteiger partial charge in [-0.15, -0.1) is 0 Å². The molecule has 3 rings (SSSR count). The van der Waals surface area contributed by atoms with E-state index >= 15 is 0 Å². The Morgan fingerprint density at radius 3 is 2.75 bits per heavy atom. The van der Waals surface area contributed by atoms with E-state index in [9.17, 15) is 0 Å². The Morgan fingerprint density at radius 1 is 1.21 bits per heavy atom. The highest BCUT2D eigenvalue weighted by atomic mass is 16.5. The summed E-state index contributed by atoms with van der Waals surface area (Å²) >= 11 is 0. The number of piperazine rings is 1. The van der Waals surface area contributed by atoms with Gasteiger partial charge in [0.25, 0.3) is 0 Å². The summed E-state index contributed by atoms with van der Waals surface area (Å²) in [6, 6.07) is 4.06. The number of anilines is 1. The molecular formula is C18H30N4O2. The molecule has 1 aromatic rings. The fourth-order valence-electron chi connectivity index (χ4n) is 3.51. The Kier molecular flexibility index (Phi) is 6.69. The third-order valence-corrected chi connectivity index (χ3v) is 4.91. The molecule has 0 amide bonds. The van der Waals surface area contributed by atoms with E-state index in [1.165, 1.54) is 38.2 Å². The summed E-state index contributed by atoms with van der Waals surface area (Å²) in [4.78, 5) is 9.43. The quantitative estimate of drug-likeness (QED) is 0.757. The third kappa shape index (κ3) is 5.06. The van der Waals surface area contributed by atoms with E-state index in [2.05, 4.69) is 26.2 Å². The smallest absolute Gasteiger partial charge is 0.213 e. The maximum Gasteiger partial charge on any atom is 0.213 e. The zero-order chi connectivity index (χ0) is 16.6. The predicted molar refractivity (Wildman–Crippen MR) is 95.9 cm³/mol. The van der Waals surface area contributed by atoms with Crippen LogP contribution < -0.4 is 15.0 Å². The topological polar surface area (TPSA) is 49.9 Å². The van der Waals surface area contributed by atoms with Gasteiger partial charge in [-0.05, 0) is 37.9 Å². The van der Waals surface area contributed by atoms with Crippen molar-refractivity contribution >= 4 is 5.69 Å². The van der Waals surface area contributed by atoms with Gasteiger partial charge < -0.3 is 19.7 Å². The van der Waals surface area contributed by atoms with Gasteiger partial charge in [-0.2, -0.15) is 0 Å². The van der Waals surface area contributed by atoms with Crippen molar-refractivity contribution in [1.29, 1.82) is 0 Å². The van der Waals surface area contributed by atoms with E-state index in [4.69, 9.17) is 9.47 Å². The normalized spacial score (nSPS) is 22.5. The van der Waals surface area contributed by atoms with Crippen molar-refractivity contribution in [3.05, 3.63) is 18.3 Å². The molecule has 1 unspecified atom stereocenters. The molecule has 0 aromatic carbocycles. The van der Waals surface area contributed by atoms with Gasteiger partial charge in [0.15, 0.2) is 0 Å². The number of hydrogen-bond acceptors (Lipinski definition) is 6. The van der Waals surface area contributed by atoms with Crippen LogP contribution >= 0.6 is 0 Å². The van der Waals surface area contributed by atoms with Crippen molar-refractivity contribution in [1.82, 2.24) is 15.2 Å². The molecule has 0 spiro atoms. The lowest BCUT2D eigenvalue weighted by molar-refractivity contribution is 0.144. The minimum atomic E-state index is 0.539. The van der Waals surface area contributed by atoms with Crippen molar-refractivity contribution in [3.63, 3.8) is 0 Å². The molecule has 6 nitrogen and oxygen atoms in total. The second-order valence-corrected chi connectivity index (χ2v) is 6.70. The Hall–Kier alpha value is -1.37. The summed E-state index contributed by atoms with van der Waals surface area (Å²) in [5.74, 6) is 1.50. The summed E-state index contributed by atoms with van der Waals surface area (Å²) in [7, 11) is 1.67.